The van der Waals surface area contributed by atoms with Crippen LogP contribution in [0, 0.1) is 6.92 Å². The van der Waals surface area contributed by atoms with Crippen LogP contribution in [0.15, 0.2) is 54.6 Å². The number of aryl methyl sites for hydroxylation is 1. The molecule has 3 amide bonds. The molecule has 6 nitrogen and oxygen atoms in total. The summed E-state index contributed by atoms with van der Waals surface area (Å²) in [5.74, 6) is -1.45. The van der Waals surface area contributed by atoms with Gasteiger partial charge in [-0.05, 0) is 30.2 Å². The number of primary amides is 1. The van der Waals surface area contributed by atoms with E-state index in [9.17, 15) is 14.4 Å². The number of nitrogens with two attached hydrogens (primary N) is 1. The van der Waals surface area contributed by atoms with Crippen LogP contribution in [-0.4, -0.2) is 30.3 Å². The summed E-state index contributed by atoms with van der Waals surface area (Å²) < 4.78 is 0. The molecule has 2 aromatic carbocycles. The van der Waals surface area contributed by atoms with E-state index in [0.717, 1.165) is 11.1 Å². The van der Waals surface area contributed by atoms with E-state index in [2.05, 4.69) is 10.6 Å². The minimum atomic E-state index is -0.831. The van der Waals surface area contributed by atoms with Crippen LogP contribution in [0.1, 0.15) is 21.5 Å². The Balaban J connectivity index is 1.91. The predicted octanol–water partition coefficient (Wildman–Crippen LogP) is 0.938. The van der Waals surface area contributed by atoms with E-state index < -0.39 is 17.9 Å². The highest BCUT2D eigenvalue weighted by Gasteiger charge is 2.19. The zero-order chi connectivity index (χ0) is 18.2. The normalized spacial score (nSPS) is 11.4. The van der Waals surface area contributed by atoms with Gasteiger partial charge in [-0.1, -0.05) is 42.5 Å². The average molecular weight is 339 g/mol. The molecule has 4 N–H and O–H groups in total. The summed E-state index contributed by atoms with van der Waals surface area (Å²) in [4.78, 5) is 35.6. The van der Waals surface area contributed by atoms with Crippen molar-refractivity contribution in [3.8, 4) is 0 Å². The second-order valence-electron chi connectivity index (χ2n) is 5.70. The lowest BCUT2D eigenvalue weighted by Crippen LogP contribution is -2.49. The maximum absolute atomic E-state index is 12.0. The van der Waals surface area contributed by atoms with Crippen molar-refractivity contribution in [3.05, 3.63) is 71.3 Å². The Morgan fingerprint density at radius 1 is 1.00 bits per heavy atom. The molecular formula is C19H21N3O3. The Morgan fingerprint density at radius 3 is 2.28 bits per heavy atom. The number of hydrogen-bond acceptors (Lipinski definition) is 3. The van der Waals surface area contributed by atoms with Crippen molar-refractivity contribution in [1.29, 1.82) is 0 Å². The molecule has 0 heterocycles. The molecular weight excluding hydrogens is 318 g/mol. The van der Waals surface area contributed by atoms with Crippen molar-refractivity contribution in [3.63, 3.8) is 0 Å². The van der Waals surface area contributed by atoms with Gasteiger partial charge in [-0.2, -0.15) is 0 Å². The zero-order valence-corrected chi connectivity index (χ0v) is 14.0. The fourth-order valence-electron chi connectivity index (χ4n) is 2.38. The molecule has 0 bridgehead atoms. The number of carbonyl (C=O) groups is 3. The van der Waals surface area contributed by atoms with E-state index in [-0.39, 0.29) is 12.5 Å². The zero-order valence-electron chi connectivity index (χ0n) is 14.0. The second kappa shape index (κ2) is 8.63. The Hall–Kier alpha value is -3.15. The predicted molar refractivity (Wildman–Crippen MR) is 94.8 cm³/mol. The molecule has 0 spiro atoms. The molecule has 0 aliphatic heterocycles. The molecule has 25 heavy (non-hydrogen) atoms. The quantitative estimate of drug-likeness (QED) is 0.699. The molecule has 130 valence electrons. The van der Waals surface area contributed by atoms with Gasteiger partial charge in [0.25, 0.3) is 5.91 Å². The molecule has 2 aromatic rings. The molecule has 1 atom stereocenters. The SMILES string of the molecule is Cc1ccccc1C[C@H](NC(=O)CNC(=O)c1ccccc1)C(N)=O. The smallest absolute Gasteiger partial charge is 0.251 e. The van der Waals surface area contributed by atoms with Gasteiger partial charge in [0.05, 0.1) is 6.54 Å². The van der Waals surface area contributed by atoms with Crippen molar-refractivity contribution in [2.75, 3.05) is 6.54 Å². The Labute approximate surface area is 146 Å². The van der Waals surface area contributed by atoms with Gasteiger partial charge in [-0.3, -0.25) is 14.4 Å². The van der Waals surface area contributed by atoms with Crippen LogP contribution in [-0.2, 0) is 16.0 Å². The van der Waals surface area contributed by atoms with Crippen molar-refractivity contribution >= 4 is 17.7 Å². The minimum absolute atomic E-state index is 0.231. The molecule has 0 aliphatic carbocycles. The highest BCUT2D eigenvalue weighted by atomic mass is 16.2. The third kappa shape index (κ3) is 5.46. The molecule has 0 fully saturated rings. The van der Waals surface area contributed by atoms with Crippen molar-refractivity contribution in [2.24, 2.45) is 5.73 Å². The number of benzene rings is 2. The first-order chi connectivity index (χ1) is 12.0. The Kier molecular flexibility index (Phi) is 6.28. The molecule has 0 saturated carbocycles. The topological polar surface area (TPSA) is 101 Å². The van der Waals surface area contributed by atoms with Crippen molar-refractivity contribution in [1.82, 2.24) is 10.6 Å². The molecule has 0 saturated heterocycles. The van der Waals surface area contributed by atoms with Crippen LogP contribution in [0.25, 0.3) is 0 Å². The van der Waals surface area contributed by atoms with Gasteiger partial charge in [0.2, 0.25) is 11.8 Å². The van der Waals surface area contributed by atoms with E-state index in [1.807, 2.05) is 31.2 Å². The Bertz CT molecular complexity index is 760. The highest BCUT2D eigenvalue weighted by molar-refractivity contribution is 5.97. The highest BCUT2D eigenvalue weighted by Crippen LogP contribution is 2.09. The fourth-order valence-corrected chi connectivity index (χ4v) is 2.38. The van der Waals surface area contributed by atoms with Crippen LogP contribution in [0.5, 0.6) is 0 Å². The lowest BCUT2D eigenvalue weighted by Gasteiger charge is -2.17. The van der Waals surface area contributed by atoms with Crippen LogP contribution >= 0.6 is 0 Å². The fraction of sp³-hybridized carbons (Fsp3) is 0.211. The maximum Gasteiger partial charge on any atom is 0.251 e. The van der Waals surface area contributed by atoms with Gasteiger partial charge in [0.1, 0.15) is 6.04 Å². The number of hydrogen-bond donors (Lipinski definition) is 3. The summed E-state index contributed by atoms with van der Waals surface area (Å²) in [6.07, 6.45) is 0.306. The van der Waals surface area contributed by atoms with E-state index >= 15 is 0 Å². The van der Waals surface area contributed by atoms with Gasteiger partial charge in [-0.25, -0.2) is 0 Å². The molecule has 2 rings (SSSR count). The second-order valence-corrected chi connectivity index (χ2v) is 5.70. The first-order valence-electron chi connectivity index (χ1n) is 7.94. The summed E-state index contributed by atoms with van der Waals surface area (Å²) in [5.41, 5.74) is 7.79. The number of nitrogens with one attached hydrogen (secondary N) is 2. The molecule has 6 heteroatoms. The van der Waals surface area contributed by atoms with Crippen molar-refractivity contribution in [2.45, 2.75) is 19.4 Å². The summed E-state index contributed by atoms with van der Waals surface area (Å²) in [6.45, 7) is 1.70. The minimum Gasteiger partial charge on any atom is -0.368 e. The number of amides is 3. The van der Waals surface area contributed by atoms with Gasteiger partial charge in [0.15, 0.2) is 0 Å². The van der Waals surface area contributed by atoms with Gasteiger partial charge >= 0.3 is 0 Å². The summed E-state index contributed by atoms with van der Waals surface area (Å²) in [7, 11) is 0. The lowest BCUT2D eigenvalue weighted by atomic mass is 10.0. The van der Waals surface area contributed by atoms with Gasteiger partial charge in [-0.15, -0.1) is 0 Å². The van der Waals surface area contributed by atoms with Gasteiger partial charge in [0, 0.05) is 12.0 Å². The summed E-state index contributed by atoms with van der Waals surface area (Å²) >= 11 is 0. The van der Waals surface area contributed by atoms with Crippen LogP contribution in [0.3, 0.4) is 0 Å². The van der Waals surface area contributed by atoms with Crippen LogP contribution in [0.2, 0.25) is 0 Å². The van der Waals surface area contributed by atoms with Crippen molar-refractivity contribution < 1.29 is 14.4 Å². The first-order valence-corrected chi connectivity index (χ1v) is 7.94. The third-order valence-corrected chi connectivity index (χ3v) is 3.81. The third-order valence-electron chi connectivity index (χ3n) is 3.81. The first kappa shape index (κ1) is 18.2. The van der Waals surface area contributed by atoms with E-state index in [4.69, 9.17) is 5.73 Å². The summed E-state index contributed by atoms with van der Waals surface area (Å²) in [5, 5.41) is 5.09. The van der Waals surface area contributed by atoms with E-state index in [1.165, 1.54) is 0 Å². The molecule has 0 radical (unpaired) electrons. The molecule has 0 unspecified atom stereocenters. The van der Waals surface area contributed by atoms with Crippen LogP contribution < -0.4 is 16.4 Å². The number of rotatable bonds is 7. The van der Waals surface area contributed by atoms with E-state index in [0.29, 0.717) is 12.0 Å². The van der Waals surface area contributed by atoms with Crippen LogP contribution in [0.4, 0.5) is 0 Å². The van der Waals surface area contributed by atoms with E-state index in [1.54, 1.807) is 30.3 Å². The lowest BCUT2D eigenvalue weighted by molar-refractivity contribution is -0.126. The maximum atomic E-state index is 12.0. The number of carbonyl (C=O) groups excluding carboxylic acids is 3. The molecule has 0 aliphatic rings. The Morgan fingerprint density at radius 2 is 1.64 bits per heavy atom. The monoisotopic (exact) mass is 339 g/mol. The average Bonchev–Trinajstić information content (AvgIpc) is 2.61. The van der Waals surface area contributed by atoms with Gasteiger partial charge < -0.3 is 16.4 Å². The summed E-state index contributed by atoms with van der Waals surface area (Å²) in [6, 6.07) is 15.3. The largest absolute Gasteiger partial charge is 0.368 e. The molecule has 0 aromatic heterocycles. The standard InChI is InChI=1S/C19H21N3O3/c1-13-7-5-6-10-15(13)11-16(18(20)24)22-17(23)12-21-19(25)14-8-3-2-4-9-14/h2-10,16H,11-12H2,1H3,(H2,20,24)(H,21,25)(H,22,23)/t16-/m0/s1.